The molecule has 0 bridgehead atoms. The van der Waals surface area contributed by atoms with E-state index in [4.69, 9.17) is 0 Å². The van der Waals surface area contributed by atoms with Crippen molar-refractivity contribution in [3.8, 4) is 5.75 Å². The zero-order valence-electron chi connectivity index (χ0n) is 12.6. The van der Waals surface area contributed by atoms with Gasteiger partial charge in [0.1, 0.15) is 17.6 Å². The van der Waals surface area contributed by atoms with Crippen LogP contribution in [0.4, 0.5) is 20.2 Å². The Morgan fingerprint density at radius 3 is 2.79 bits per heavy atom. The number of nitrogens with zero attached hydrogens (tertiary/aromatic N) is 3. The van der Waals surface area contributed by atoms with E-state index in [1.165, 1.54) is 29.8 Å². The van der Waals surface area contributed by atoms with Crippen molar-refractivity contribution in [2.45, 2.75) is 26.5 Å². The lowest BCUT2D eigenvalue weighted by molar-refractivity contribution is -0.385. The maximum Gasteiger partial charge on any atom is 0.387 e. The molecule has 1 aromatic heterocycles. The summed E-state index contributed by atoms with van der Waals surface area (Å²) in [5.74, 6) is -0.607. The number of rotatable bonds is 7. The normalized spacial score (nSPS) is 10.7. The molecule has 0 spiro atoms. The van der Waals surface area contributed by atoms with Crippen LogP contribution >= 0.6 is 0 Å². The fourth-order valence-corrected chi connectivity index (χ4v) is 2.03. The van der Waals surface area contributed by atoms with Crippen molar-refractivity contribution < 1.29 is 23.2 Å². The Morgan fingerprint density at radius 1 is 1.46 bits per heavy atom. The standard InChI is InChI=1S/C14H14F2N4O4/c1-9-11(20(22)23)8-17-19(9)7-6-13(21)18-10-4-2-3-5-12(10)24-14(15)16/h2-5,8,14H,6-7H2,1H3,(H,18,21). The average molecular weight is 340 g/mol. The summed E-state index contributed by atoms with van der Waals surface area (Å²) < 4.78 is 30.3. The topological polar surface area (TPSA) is 99.3 Å². The highest BCUT2D eigenvalue weighted by molar-refractivity contribution is 5.92. The molecule has 0 atom stereocenters. The monoisotopic (exact) mass is 340 g/mol. The van der Waals surface area contributed by atoms with Crippen LogP contribution in [0, 0.1) is 17.0 Å². The number of aryl methyl sites for hydroxylation is 1. The summed E-state index contributed by atoms with van der Waals surface area (Å²) in [4.78, 5) is 22.1. The number of hydrogen-bond donors (Lipinski definition) is 1. The lowest BCUT2D eigenvalue weighted by Gasteiger charge is -2.11. The number of para-hydroxylation sites is 2. The van der Waals surface area contributed by atoms with Gasteiger partial charge in [-0.2, -0.15) is 13.9 Å². The highest BCUT2D eigenvalue weighted by Gasteiger charge is 2.17. The van der Waals surface area contributed by atoms with E-state index in [1.54, 1.807) is 6.07 Å². The molecule has 0 aliphatic heterocycles. The Kier molecular flexibility index (Phi) is 5.40. The largest absolute Gasteiger partial charge is 0.433 e. The van der Waals surface area contributed by atoms with Crippen molar-refractivity contribution in [1.29, 1.82) is 0 Å². The van der Waals surface area contributed by atoms with Crippen molar-refractivity contribution in [1.82, 2.24) is 9.78 Å². The number of hydrogen-bond acceptors (Lipinski definition) is 5. The molecule has 0 saturated carbocycles. The maximum absolute atomic E-state index is 12.3. The molecule has 24 heavy (non-hydrogen) atoms. The minimum absolute atomic E-state index is 0.0390. The van der Waals surface area contributed by atoms with Crippen LogP contribution in [0.25, 0.3) is 0 Å². The summed E-state index contributed by atoms with van der Waals surface area (Å²) >= 11 is 0. The van der Waals surface area contributed by atoms with Gasteiger partial charge in [0, 0.05) is 6.42 Å². The van der Waals surface area contributed by atoms with Crippen molar-refractivity contribution in [3.05, 3.63) is 46.3 Å². The second kappa shape index (κ2) is 7.49. The van der Waals surface area contributed by atoms with E-state index in [0.717, 1.165) is 6.20 Å². The molecule has 0 radical (unpaired) electrons. The van der Waals surface area contributed by atoms with E-state index in [0.29, 0.717) is 5.69 Å². The van der Waals surface area contributed by atoms with Crippen LogP contribution in [-0.2, 0) is 11.3 Å². The van der Waals surface area contributed by atoms with Gasteiger partial charge in [-0.25, -0.2) is 0 Å². The van der Waals surface area contributed by atoms with Crippen molar-refractivity contribution in [3.63, 3.8) is 0 Å². The minimum Gasteiger partial charge on any atom is -0.433 e. The van der Waals surface area contributed by atoms with Crippen LogP contribution in [0.1, 0.15) is 12.1 Å². The van der Waals surface area contributed by atoms with Gasteiger partial charge in [0.15, 0.2) is 0 Å². The zero-order chi connectivity index (χ0) is 17.7. The Balaban J connectivity index is 1.98. The lowest BCUT2D eigenvalue weighted by Crippen LogP contribution is -2.16. The van der Waals surface area contributed by atoms with Gasteiger partial charge in [-0.15, -0.1) is 0 Å². The highest BCUT2D eigenvalue weighted by atomic mass is 19.3. The fraction of sp³-hybridized carbons (Fsp3) is 0.286. The number of alkyl halides is 2. The number of nitro groups is 1. The van der Waals surface area contributed by atoms with Gasteiger partial charge >= 0.3 is 12.3 Å². The fourth-order valence-electron chi connectivity index (χ4n) is 2.03. The first kappa shape index (κ1) is 17.3. The summed E-state index contributed by atoms with van der Waals surface area (Å²) in [5, 5.41) is 17.0. The van der Waals surface area contributed by atoms with E-state index < -0.39 is 17.4 Å². The first-order valence-electron chi connectivity index (χ1n) is 6.89. The molecular formula is C14H14F2N4O4. The van der Waals surface area contributed by atoms with Gasteiger partial charge in [0.05, 0.1) is 17.2 Å². The molecule has 2 rings (SSSR count). The molecule has 0 unspecified atom stereocenters. The molecular weight excluding hydrogens is 326 g/mol. The molecule has 1 amide bonds. The Morgan fingerprint density at radius 2 is 2.17 bits per heavy atom. The molecule has 0 fully saturated rings. The summed E-state index contributed by atoms with van der Waals surface area (Å²) in [6, 6.07) is 5.80. The molecule has 10 heteroatoms. The smallest absolute Gasteiger partial charge is 0.387 e. The van der Waals surface area contributed by atoms with E-state index in [9.17, 15) is 23.7 Å². The lowest BCUT2D eigenvalue weighted by atomic mass is 10.2. The van der Waals surface area contributed by atoms with Crippen molar-refractivity contribution >= 4 is 17.3 Å². The van der Waals surface area contributed by atoms with Gasteiger partial charge in [-0.3, -0.25) is 19.6 Å². The van der Waals surface area contributed by atoms with Crippen LogP contribution in [0.15, 0.2) is 30.5 Å². The van der Waals surface area contributed by atoms with E-state index in [1.807, 2.05) is 0 Å². The molecule has 1 N–H and O–H groups in total. The van der Waals surface area contributed by atoms with E-state index in [2.05, 4.69) is 15.2 Å². The quantitative estimate of drug-likeness (QED) is 0.617. The molecule has 1 heterocycles. The molecule has 0 saturated heterocycles. The first-order chi connectivity index (χ1) is 11.4. The number of halogens is 2. The van der Waals surface area contributed by atoms with E-state index in [-0.39, 0.29) is 30.1 Å². The number of aromatic nitrogens is 2. The van der Waals surface area contributed by atoms with Gasteiger partial charge in [-0.1, -0.05) is 12.1 Å². The molecule has 128 valence electrons. The third-order valence-corrected chi connectivity index (χ3v) is 3.20. The van der Waals surface area contributed by atoms with Crippen LogP contribution < -0.4 is 10.1 Å². The second-order valence-corrected chi connectivity index (χ2v) is 4.77. The number of amides is 1. The first-order valence-corrected chi connectivity index (χ1v) is 6.89. The highest BCUT2D eigenvalue weighted by Crippen LogP contribution is 2.25. The van der Waals surface area contributed by atoms with E-state index >= 15 is 0 Å². The SMILES string of the molecule is Cc1c([N+](=O)[O-])cnn1CCC(=O)Nc1ccccc1OC(F)F. The van der Waals surface area contributed by atoms with Crippen LogP contribution in [0.3, 0.4) is 0 Å². The zero-order valence-corrected chi connectivity index (χ0v) is 12.6. The number of ether oxygens (including phenoxy) is 1. The molecule has 0 aliphatic carbocycles. The number of nitrogens with one attached hydrogen (secondary N) is 1. The Labute approximate surface area is 135 Å². The van der Waals surface area contributed by atoms with Gasteiger partial charge < -0.3 is 10.1 Å². The third-order valence-electron chi connectivity index (χ3n) is 3.20. The summed E-state index contributed by atoms with van der Waals surface area (Å²) in [6.45, 7) is -1.37. The van der Waals surface area contributed by atoms with Crippen LogP contribution in [0.5, 0.6) is 5.75 Å². The minimum atomic E-state index is -3.00. The van der Waals surface area contributed by atoms with Crippen molar-refractivity contribution in [2.75, 3.05) is 5.32 Å². The van der Waals surface area contributed by atoms with Gasteiger partial charge in [0.2, 0.25) is 5.91 Å². The van der Waals surface area contributed by atoms with Crippen LogP contribution in [-0.4, -0.2) is 27.2 Å². The third kappa shape index (κ3) is 4.24. The molecule has 8 nitrogen and oxygen atoms in total. The van der Waals surface area contributed by atoms with Crippen molar-refractivity contribution in [2.24, 2.45) is 0 Å². The summed E-state index contributed by atoms with van der Waals surface area (Å²) in [5.41, 5.74) is 0.311. The van der Waals surface area contributed by atoms with Gasteiger partial charge in [-0.05, 0) is 19.1 Å². The predicted octanol–water partition coefficient (Wildman–Crippen LogP) is 2.73. The van der Waals surface area contributed by atoms with Crippen LogP contribution in [0.2, 0.25) is 0 Å². The Bertz CT molecular complexity index is 748. The maximum atomic E-state index is 12.3. The number of anilines is 1. The average Bonchev–Trinajstić information content (AvgIpc) is 2.88. The molecule has 1 aromatic carbocycles. The Hall–Kier alpha value is -3.04. The predicted molar refractivity (Wildman–Crippen MR) is 79.9 cm³/mol. The van der Waals surface area contributed by atoms with Gasteiger partial charge in [0.25, 0.3) is 0 Å². The molecule has 0 aliphatic rings. The number of carbonyl (C=O) groups excluding carboxylic acids is 1. The second-order valence-electron chi connectivity index (χ2n) is 4.77. The molecule has 2 aromatic rings. The summed E-state index contributed by atoms with van der Waals surface area (Å²) in [6.07, 6.45) is 1.07. The summed E-state index contributed by atoms with van der Waals surface area (Å²) in [7, 11) is 0. The number of benzene rings is 1. The number of carbonyl (C=O) groups is 1.